The van der Waals surface area contributed by atoms with Gasteiger partial charge in [0.15, 0.2) is 11.6 Å². The van der Waals surface area contributed by atoms with Crippen LogP contribution in [0.2, 0.25) is 0 Å². The van der Waals surface area contributed by atoms with Crippen LogP contribution in [0.15, 0.2) is 12.1 Å². The summed E-state index contributed by atoms with van der Waals surface area (Å²) in [4.78, 5) is 10.7. The molecule has 0 fully saturated rings. The summed E-state index contributed by atoms with van der Waals surface area (Å²) in [6.45, 7) is 1.50. The molecule has 0 bridgehead atoms. The number of tetrazole rings is 1. The molecule has 0 unspecified atom stereocenters. The van der Waals surface area contributed by atoms with Gasteiger partial charge in [-0.3, -0.25) is 0 Å². The highest BCUT2D eigenvalue weighted by Crippen LogP contribution is 2.18. The molecule has 0 saturated carbocycles. The van der Waals surface area contributed by atoms with Crippen LogP contribution in [-0.2, 0) is 0 Å². The third kappa shape index (κ3) is 1.84. The van der Waals surface area contributed by atoms with E-state index in [1.165, 1.54) is 6.92 Å². The van der Waals surface area contributed by atoms with Gasteiger partial charge in [0.1, 0.15) is 11.5 Å². The van der Waals surface area contributed by atoms with E-state index in [4.69, 9.17) is 5.11 Å². The fraction of sp³-hybridized carbons (Fsp3) is 0.111. The number of benzene rings is 1. The van der Waals surface area contributed by atoms with E-state index in [9.17, 15) is 13.6 Å². The average molecular weight is 240 g/mol. The molecule has 1 heterocycles. The molecule has 2 rings (SSSR count). The van der Waals surface area contributed by atoms with E-state index in [0.717, 1.165) is 10.7 Å². The molecule has 0 aliphatic carbocycles. The molecule has 1 N–H and O–H groups in total. The van der Waals surface area contributed by atoms with Crippen molar-refractivity contribution in [3.8, 4) is 5.69 Å². The Morgan fingerprint density at radius 3 is 2.59 bits per heavy atom. The Morgan fingerprint density at radius 2 is 2.06 bits per heavy atom. The number of nitrogens with zero attached hydrogens (tertiary/aromatic N) is 4. The van der Waals surface area contributed by atoms with Crippen molar-refractivity contribution in [3.63, 3.8) is 0 Å². The van der Waals surface area contributed by atoms with Crippen LogP contribution >= 0.6 is 0 Å². The highest BCUT2D eigenvalue weighted by atomic mass is 19.1. The van der Waals surface area contributed by atoms with Gasteiger partial charge in [0.25, 0.3) is 0 Å². The first-order valence-corrected chi connectivity index (χ1v) is 4.48. The highest BCUT2D eigenvalue weighted by Gasteiger charge is 2.18. The number of rotatable bonds is 2. The number of hydrogen-bond donors (Lipinski definition) is 1. The number of aromatic carboxylic acids is 1. The van der Waals surface area contributed by atoms with Gasteiger partial charge in [-0.1, -0.05) is 0 Å². The van der Waals surface area contributed by atoms with E-state index in [1.807, 2.05) is 0 Å². The Balaban J connectivity index is 2.67. The molecule has 0 aliphatic heterocycles. The summed E-state index contributed by atoms with van der Waals surface area (Å²) < 4.78 is 27.6. The summed E-state index contributed by atoms with van der Waals surface area (Å²) in [5.74, 6) is -3.33. The van der Waals surface area contributed by atoms with Crippen molar-refractivity contribution in [3.05, 3.63) is 35.2 Å². The van der Waals surface area contributed by atoms with Crippen molar-refractivity contribution in [1.29, 1.82) is 0 Å². The smallest absolute Gasteiger partial charge is 0.338 e. The lowest BCUT2D eigenvalue weighted by Crippen LogP contribution is -2.08. The molecular weight excluding hydrogens is 234 g/mol. The second-order valence-electron chi connectivity index (χ2n) is 3.23. The molecule has 1 aromatic carbocycles. The first-order valence-electron chi connectivity index (χ1n) is 4.48. The van der Waals surface area contributed by atoms with E-state index in [-0.39, 0.29) is 11.5 Å². The lowest BCUT2D eigenvalue weighted by Gasteiger charge is -2.05. The number of halogens is 2. The highest BCUT2D eigenvalue weighted by molar-refractivity contribution is 5.88. The fourth-order valence-corrected chi connectivity index (χ4v) is 1.32. The fourth-order valence-electron chi connectivity index (χ4n) is 1.32. The monoisotopic (exact) mass is 240 g/mol. The SMILES string of the molecule is Cc1nnnn1-c1cc(C(=O)O)c(F)cc1F. The minimum absolute atomic E-state index is 0.216. The Bertz CT molecular complexity index is 597. The number of carbonyl (C=O) groups is 1. The van der Waals surface area contributed by atoms with E-state index < -0.39 is 23.2 Å². The number of carboxylic acid groups (broad SMARTS) is 1. The molecule has 0 saturated heterocycles. The molecule has 0 aliphatic rings. The molecule has 8 heteroatoms. The number of carboxylic acids is 1. The van der Waals surface area contributed by atoms with E-state index in [1.54, 1.807) is 0 Å². The molecule has 0 amide bonds. The molecule has 0 atom stereocenters. The predicted octanol–water partition coefficient (Wildman–Crippen LogP) is 0.947. The van der Waals surface area contributed by atoms with Crippen LogP contribution in [-0.4, -0.2) is 31.3 Å². The maximum absolute atomic E-state index is 13.5. The van der Waals surface area contributed by atoms with E-state index in [0.29, 0.717) is 6.07 Å². The maximum Gasteiger partial charge on any atom is 0.338 e. The zero-order valence-corrected chi connectivity index (χ0v) is 8.55. The van der Waals surface area contributed by atoms with Crippen LogP contribution in [0, 0.1) is 18.6 Å². The number of aryl methyl sites for hydroxylation is 1. The molecule has 17 heavy (non-hydrogen) atoms. The lowest BCUT2D eigenvalue weighted by atomic mass is 10.2. The minimum Gasteiger partial charge on any atom is -0.478 e. The van der Waals surface area contributed by atoms with Gasteiger partial charge in [0.2, 0.25) is 0 Å². The van der Waals surface area contributed by atoms with Gasteiger partial charge in [-0.15, -0.1) is 5.10 Å². The van der Waals surface area contributed by atoms with Gasteiger partial charge in [-0.05, 0) is 23.4 Å². The van der Waals surface area contributed by atoms with Crippen molar-refractivity contribution in [2.45, 2.75) is 6.92 Å². The third-order valence-electron chi connectivity index (χ3n) is 2.12. The molecule has 0 spiro atoms. The summed E-state index contributed by atoms with van der Waals surface area (Å²) in [6, 6.07) is 1.33. The minimum atomic E-state index is -1.49. The quantitative estimate of drug-likeness (QED) is 0.845. The molecule has 1 aromatic heterocycles. The van der Waals surface area contributed by atoms with Gasteiger partial charge in [-0.25, -0.2) is 13.6 Å². The Hall–Kier alpha value is -2.38. The van der Waals surface area contributed by atoms with Crippen molar-refractivity contribution in [2.75, 3.05) is 0 Å². The summed E-state index contributed by atoms with van der Waals surface area (Å²) in [7, 11) is 0. The normalized spacial score (nSPS) is 10.5. The van der Waals surface area contributed by atoms with Crippen molar-refractivity contribution >= 4 is 5.97 Å². The van der Waals surface area contributed by atoms with Crippen LogP contribution in [0.25, 0.3) is 5.69 Å². The summed E-state index contributed by atoms with van der Waals surface area (Å²) in [5.41, 5.74) is -0.859. The molecule has 88 valence electrons. The number of hydrogen-bond acceptors (Lipinski definition) is 4. The average Bonchev–Trinajstić information content (AvgIpc) is 2.64. The first-order chi connectivity index (χ1) is 8.00. The van der Waals surface area contributed by atoms with Crippen LogP contribution in [0.1, 0.15) is 16.2 Å². The Kier molecular flexibility index (Phi) is 2.54. The zero-order valence-electron chi connectivity index (χ0n) is 8.55. The molecule has 6 nitrogen and oxygen atoms in total. The van der Waals surface area contributed by atoms with Gasteiger partial charge in [0, 0.05) is 6.07 Å². The number of aromatic nitrogens is 4. The van der Waals surface area contributed by atoms with Crippen molar-refractivity contribution in [2.24, 2.45) is 0 Å². The predicted molar refractivity (Wildman–Crippen MR) is 50.8 cm³/mol. The Labute approximate surface area is 93.5 Å². The van der Waals surface area contributed by atoms with Gasteiger partial charge >= 0.3 is 5.97 Å². The second kappa shape index (κ2) is 3.89. The van der Waals surface area contributed by atoms with Gasteiger partial charge < -0.3 is 5.11 Å². The van der Waals surface area contributed by atoms with Crippen molar-refractivity contribution < 1.29 is 18.7 Å². The topological polar surface area (TPSA) is 80.9 Å². The van der Waals surface area contributed by atoms with E-state index >= 15 is 0 Å². The third-order valence-corrected chi connectivity index (χ3v) is 2.12. The summed E-state index contributed by atoms with van der Waals surface area (Å²) in [6.07, 6.45) is 0. The van der Waals surface area contributed by atoms with Crippen LogP contribution < -0.4 is 0 Å². The summed E-state index contributed by atoms with van der Waals surface area (Å²) >= 11 is 0. The summed E-state index contributed by atoms with van der Waals surface area (Å²) in [5, 5.41) is 19.0. The van der Waals surface area contributed by atoms with Gasteiger partial charge in [0.05, 0.1) is 5.56 Å². The largest absolute Gasteiger partial charge is 0.478 e. The van der Waals surface area contributed by atoms with Crippen LogP contribution in [0.4, 0.5) is 8.78 Å². The Morgan fingerprint density at radius 1 is 1.35 bits per heavy atom. The van der Waals surface area contributed by atoms with Crippen LogP contribution in [0.3, 0.4) is 0 Å². The van der Waals surface area contributed by atoms with Gasteiger partial charge in [-0.2, -0.15) is 4.68 Å². The molecule has 2 aromatic rings. The van der Waals surface area contributed by atoms with E-state index in [2.05, 4.69) is 15.5 Å². The standard InChI is InChI=1S/C9H6F2N4O2/c1-4-12-13-14-15(4)8-2-5(9(16)17)6(10)3-7(8)11/h2-3H,1H3,(H,16,17). The first kappa shape index (κ1) is 11.1. The maximum atomic E-state index is 13.5. The molecule has 0 radical (unpaired) electrons. The molecular formula is C9H6F2N4O2. The zero-order chi connectivity index (χ0) is 12.6. The van der Waals surface area contributed by atoms with Crippen LogP contribution in [0.5, 0.6) is 0 Å². The lowest BCUT2D eigenvalue weighted by molar-refractivity contribution is 0.0691. The second-order valence-corrected chi connectivity index (χ2v) is 3.23. The van der Waals surface area contributed by atoms with Crippen molar-refractivity contribution in [1.82, 2.24) is 20.2 Å².